The molecule has 1 aromatic carbocycles. The number of ether oxygens (including phenoxy) is 1. The van der Waals surface area contributed by atoms with Crippen molar-refractivity contribution in [3.05, 3.63) is 29.8 Å². The molecule has 0 saturated carbocycles. The molecule has 0 aliphatic carbocycles. The molecule has 4 nitrogen and oxygen atoms in total. The van der Waals surface area contributed by atoms with Gasteiger partial charge in [0, 0.05) is 6.42 Å². The standard InChI is InChI=1S/C10H13NO3/c1-2-10(12)14-9-5-3-8(4-6-9)7-13-11/h3-6H,2,7,11H2,1H3. The minimum Gasteiger partial charge on any atom is -0.427 e. The van der Waals surface area contributed by atoms with Gasteiger partial charge in [-0.15, -0.1) is 0 Å². The molecule has 0 spiro atoms. The summed E-state index contributed by atoms with van der Waals surface area (Å²) in [4.78, 5) is 15.4. The predicted molar refractivity (Wildman–Crippen MR) is 51.3 cm³/mol. The maximum absolute atomic E-state index is 10.9. The van der Waals surface area contributed by atoms with Crippen molar-refractivity contribution in [2.45, 2.75) is 20.0 Å². The highest BCUT2D eigenvalue weighted by Crippen LogP contribution is 2.12. The molecule has 0 atom stereocenters. The second-order valence-corrected chi connectivity index (χ2v) is 2.78. The maximum Gasteiger partial charge on any atom is 0.310 e. The molecule has 76 valence electrons. The van der Waals surface area contributed by atoms with E-state index in [1.54, 1.807) is 31.2 Å². The highest BCUT2D eigenvalue weighted by molar-refractivity contribution is 5.71. The van der Waals surface area contributed by atoms with E-state index in [9.17, 15) is 4.79 Å². The van der Waals surface area contributed by atoms with Crippen LogP contribution in [0.3, 0.4) is 0 Å². The van der Waals surface area contributed by atoms with Crippen LogP contribution in [0.1, 0.15) is 18.9 Å². The topological polar surface area (TPSA) is 61.5 Å². The predicted octanol–water partition coefficient (Wildman–Crippen LogP) is 1.39. The Morgan fingerprint density at radius 1 is 1.36 bits per heavy atom. The first-order valence-electron chi connectivity index (χ1n) is 4.37. The van der Waals surface area contributed by atoms with E-state index in [4.69, 9.17) is 10.6 Å². The third kappa shape index (κ3) is 3.16. The van der Waals surface area contributed by atoms with Crippen LogP contribution in [0.5, 0.6) is 5.75 Å². The van der Waals surface area contributed by atoms with E-state index in [1.807, 2.05) is 0 Å². The minimum absolute atomic E-state index is 0.243. The highest BCUT2D eigenvalue weighted by Gasteiger charge is 2.00. The Labute approximate surface area is 82.6 Å². The molecule has 14 heavy (non-hydrogen) atoms. The van der Waals surface area contributed by atoms with Crippen LogP contribution in [0.4, 0.5) is 0 Å². The van der Waals surface area contributed by atoms with Gasteiger partial charge in [-0.25, -0.2) is 5.90 Å². The number of benzene rings is 1. The molecule has 1 rings (SSSR count). The van der Waals surface area contributed by atoms with E-state index in [0.29, 0.717) is 18.8 Å². The molecule has 0 heterocycles. The molecular formula is C10H13NO3. The summed E-state index contributed by atoms with van der Waals surface area (Å²) in [7, 11) is 0. The zero-order valence-electron chi connectivity index (χ0n) is 8.03. The first kappa shape index (κ1) is 10.7. The normalized spacial score (nSPS) is 9.86. The first-order chi connectivity index (χ1) is 6.76. The fourth-order valence-corrected chi connectivity index (χ4v) is 0.954. The maximum atomic E-state index is 10.9. The van der Waals surface area contributed by atoms with Crippen molar-refractivity contribution >= 4 is 5.97 Å². The Morgan fingerprint density at radius 3 is 2.50 bits per heavy atom. The minimum atomic E-state index is -0.243. The fraction of sp³-hybridized carbons (Fsp3) is 0.300. The molecular weight excluding hydrogens is 182 g/mol. The molecule has 0 aromatic heterocycles. The van der Waals surface area contributed by atoms with Crippen LogP contribution in [0.25, 0.3) is 0 Å². The van der Waals surface area contributed by atoms with Crippen molar-refractivity contribution in [1.82, 2.24) is 0 Å². The average Bonchev–Trinajstić information content (AvgIpc) is 2.21. The van der Waals surface area contributed by atoms with Gasteiger partial charge < -0.3 is 4.74 Å². The SMILES string of the molecule is CCC(=O)Oc1ccc(CON)cc1. The second-order valence-electron chi connectivity index (χ2n) is 2.78. The van der Waals surface area contributed by atoms with Crippen LogP contribution in [-0.2, 0) is 16.2 Å². The van der Waals surface area contributed by atoms with Gasteiger partial charge in [0.1, 0.15) is 5.75 Å². The van der Waals surface area contributed by atoms with Crippen LogP contribution >= 0.6 is 0 Å². The summed E-state index contributed by atoms with van der Waals surface area (Å²) in [5.41, 5.74) is 0.934. The summed E-state index contributed by atoms with van der Waals surface area (Å²) in [6.45, 7) is 2.10. The third-order valence-electron chi connectivity index (χ3n) is 1.69. The van der Waals surface area contributed by atoms with Crippen LogP contribution < -0.4 is 10.6 Å². The van der Waals surface area contributed by atoms with E-state index in [1.165, 1.54) is 0 Å². The van der Waals surface area contributed by atoms with Gasteiger partial charge in [0.25, 0.3) is 0 Å². The van der Waals surface area contributed by atoms with E-state index < -0.39 is 0 Å². The zero-order valence-corrected chi connectivity index (χ0v) is 8.03. The smallest absolute Gasteiger partial charge is 0.310 e. The summed E-state index contributed by atoms with van der Waals surface area (Å²) >= 11 is 0. The van der Waals surface area contributed by atoms with Gasteiger partial charge in [-0.1, -0.05) is 19.1 Å². The Balaban J connectivity index is 2.59. The first-order valence-corrected chi connectivity index (χ1v) is 4.37. The lowest BCUT2D eigenvalue weighted by Gasteiger charge is -2.03. The summed E-state index contributed by atoms with van der Waals surface area (Å²) in [6.07, 6.45) is 0.369. The lowest BCUT2D eigenvalue weighted by molar-refractivity contribution is -0.134. The van der Waals surface area contributed by atoms with Gasteiger partial charge in [0.15, 0.2) is 0 Å². The zero-order chi connectivity index (χ0) is 10.4. The van der Waals surface area contributed by atoms with Gasteiger partial charge in [0.2, 0.25) is 0 Å². The molecule has 4 heteroatoms. The lowest BCUT2D eigenvalue weighted by atomic mass is 10.2. The lowest BCUT2D eigenvalue weighted by Crippen LogP contribution is -2.05. The van der Waals surface area contributed by atoms with Crippen LogP contribution in [0, 0.1) is 0 Å². The van der Waals surface area contributed by atoms with E-state index in [-0.39, 0.29) is 5.97 Å². The molecule has 0 amide bonds. The van der Waals surface area contributed by atoms with Gasteiger partial charge in [-0.05, 0) is 17.7 Å². The van der Waals surface area contributed by atoms with Crippen molar-refractivity contribution in [3.8, 4) is 5.75 Å². The van der Waals surface area contributed by atoms with Crippen molar-refractivity contribution in [2.24, 2.45) is 5.90 Å². The third-order valence-corrected chi connectivity index (χ3v) is 1.69. The second kappa shape index (κ2) is 5.36. The summed E-state index contributed by atoms with van der Waals surface area (Å²) < 4.78 is 4.99. The number of hydrogen-bond acceptors (Lipinski definition) is 4. The van der Waals surface area contributed by atoms with Crippen LogP contribution in [0.2, 0.25) is 0 Å². The van der Waals surface area contributed by atoms with Crippen molar-refractivity contribution < 1.29 is 14.4 Å². The molecule has 0 fully saturated rings. The van der Waals surface area contributed by atoms with Gasteiger partial charge in [-0.2, -0.15) is 0 Å². The molecule has 0 radical (unpaired) electrons. The molecule has 0 saturated heterocycles. The average molecular weight is 195 g/mol. The number of rotatable bonds is 4. The van der Waals surface area contributed by atoms with Crippen LogP contribution in [-0.4, -0.2) is 5.97 Å². The largest absolute Gasteiger partial charge is 0.427 e. The Morgan fingerprint density at radius 2 is 2.00 bits per heavy atom. The molecule has 0 bridgehead atoms. The number of carbonyl (C=O) groups is 1. The van der Waals surface area contributed by atoms with Gasteiger partial charge in [0.05, 0.1) is 6.61 Å². The number of esters is 1. The number of carbonyl (C=O) groups excluding carboxylic acids is 1. The number of hydrogen-bond donors (Lipinski definition) is 1. The van der Waals surface area contributed by atoms with Gasteiger partial charge in [-0.3, -0.25) is 9.63 Å². The Kier molecular flexibility index (Phi) is 4.10. The van der Waals surface area contributed by atoms with Crippen LogP contribution in [0.15, 0.2) is 24.3 Å². The summed E-state index contributed by atoms with van der Waals surface area (Å²) in [5.74, 6) is 5.21. The Hall–Kier alpha value is -1.39. The quantitative estimate of drug-likeness (QED) is 0.448. The van der Waals surface area contributed by atoms with E-state index >= 15 is 0 Å². The highest BCUT2D eigenvalue weighted by atomic mass is 16.6. The molecule has 0 aliphatic rings. The van der Waals surface area contributed by atoms with Crippen molar-refractivity contribution in [2.75, 3.05) is 0 Å². The van der Waals surface area contributed by atoms with E-state index in [0.717, 1.165) is 5.56 Å². The van der Waals surface area contributed by atoms with E-state index in [2.05, 4.69) is 4.84 Å². The Bertz CT molecular complexity index is 295. The molecule has 1 aromatic rings. The monoisotopic (exact) mass is 195 g/mol. The molecule has 2 N–H and O–H groups in total. The van der Waals surface area contributed by atoms with Gasteiger partial charge >= 0.3 is 5.97 Å². The molecule has 0 unspecified atom stereocenters. The molecule has 0 aliphatic heterocycles. The van der Waals surface area contributed by atoms with Crippen molar-refractivity contribution in [1.29, 1.82) is 0 Å². The summed E-state index contributed by atoms with van der Waals surface area (Å²) in [6, 6.07) is 7.01. The fourth-order valence-electron chi connectivity index (χ4n) is 0.954. The number of nitrogens with two attached hydrogens (primary N) is 1. The van der Waals surface area contributed by atoms with Crippen molar-refractivity contribution in [3.63, 3.8) is 0 Å². The summed E-state index contributed by atoms with van der Waals surface area (Å²) in [5, 5.41) is 0.